The van der Waals surface area contributed by atoms with E-state index in [1.807, 2.05) is 24.3 Å². The maximum Gasteiger partial charge on any atom is 0.408 e. The zero-order valence-electron chi connectivity index (χ0n) is 16.1. The second-order valence-corrected chi connectivity index (χ2v) is 7.18. The maximum atomic E-state index is 12.8. The lowest BCUT2D eigenvalue weighted by Crippen LogP contribution is -2.57. The molecule has 0 aliphatic rings. The first-order valence-electron chi connectivity index (χ1n) is 8.56. The molecule has 0 saturated heterocycles. The van der Waals surface area contributed by atoms with Gasteiger partial charge < -0.3 is 9.47 Å². The summed E-state index contributed by atoms with van der Waals surface area (Å²) in [4.78, 5) is 25.3. The van der Waals surface area contributed by atoms with Crippen LogP contribution in [-0.2, 0) is 19.8 Å². The molecule has 28 heavy (non-hydrogen) atoms. The molecule has 0 bridgehead atoms. The van der Waals surface area contributed by atoms with Gasteiger partial charge in [0, 0.05) is 0 Å². The minimum Gasteiger partial charge on any atom is -0.467 e. The Morgan fingerprint density at radius 3 is 2.18 bits per heavy atom. The number of benzene rings is 2. The summed E-state index contributed by atoms with van der Waals surface area (Å²) in [6, 6.07) is 15.9. The normalized spacial score (nSPS) is 13.1. The number of nitrogens with zero attached hydrogens (tertiary/aromatic N) is 2. The van der Waals surface area contributed by atoms with Gasteiger partial charge in [-0.25, -0.2) is 9.59 Å². The predicted molar refractivity (Wildman–Crippen MR) is 102 cm³/mol. The first-order chi connectivity index (χ1) is 13.2. The number of methoxy groups -OCH3 is 1. The van der Waals surface area contributed by atoms with E-state index in [1.165, 1.54) is 0 Å². The van der Waals surface area contributed by atoms with Crippen LogP contribution in [0, 0.1) is 28.6 Å². The number of nitriles is 2. The molecule has 7 nitrogen and oxygen atoms in total. The van der Waals surface area contributed by atoms with Gasteiger partial charge in [0.25, 0.3) is 0 Å². The Bertz CT molecular complexity index is 968. The Morgan fingerprint density at radius 2 is 1.64 bits per heavy atom. The molecule has 0 heterocycles. The molecule has 0 aliphatic heterocycles. The van der Waals surface area contributed by atoms with Crippen LogP contribution in [0.1, 0.15) is 26.3 Å². The van der Waals surface area contributed by atoms with Crippen molar-refractivity contribution in [1.82, 2.24) is 5.32 Å². The number of hydrogen-bond acceptors (Lipinski definition) is 6. The highest BCUT2D eigenvalue weighted by atomic mass is 16.6. The standard InChI is InChI=1S/C21H21N3O4/c1-20(2,3)28-19(26)24-21(18(25)27-4,17(12-22)13-23)16-10-9-14-7-5-6-8-15(14)11-16/h5-11,17H,1-4H3,(H,24,26)/t21-/m1/s1. The van der Waals surface area contributed by atoms with Crippen molar-refractivity contribution in [1.29, 1.82) is 10.5 Å². The van der Waals surface area contributed by atoms with Gasteiger partial charge in [-0.1, -0.05) is 36.4 Å². The fourth-order valence-electron chi connectivity index (χ4n) is 2.88. The van der Waals surface area contributed by atoms with Gasteiger partial charge in [0.05, 0.1) is 19.2 Å². The summed E-state index contributed by atoms with van der Waals surface area (Å²) in [5, 5.41) is 23.2. The number of carbonyl (C=O) groups is 2. The van der Waals surface area contributed by atoms with Crippen molar-refractivity contribution in [2.75, 3.05) is 7.11 Å². The highest BCUT2D eigenvalue weighted by Crippen LogP contribution is 2.34. The van der Waals surface area contributed by atoms with Gasteiger partial charge in [-0.05, 0) is 43.2 Å². The third-order valence-corrected chi connectivity index (χ3v) is 4.10. The third-order valence-electron chi connectivity index (χ3n) is 4.10. The first kappa shape index (κ1) is 20.7. The Balaban J connectivity index is 2.71. The topological polar surface area (TPSA) is 112 Å². The van der Waals surface area contributed by atoms with Crippen LogP contribution in [0.2, 0.25) is 0 Å². The summed E-state index contributed by atoms with van der Waals surface area (Å²) >= 11 is 0. The quantitative estimate of drug-likeness (QED) is 0.815. The minimum atomic E-state index is -2.05. The summed E-state index contributed by atoms with van der Waals surface area (Å²) in [7, 11) is 1.13. The zero-order chi connectivity index (χ0) is 20.9. The predicted octanol–water partition coefficient (Wildman–Crippen LogP) is 3.40. The fourth-order valence-corrected chi connectivity index (χ4v) is 2.88. The zero-order valence-corrected chi connectivity index (χ0v) is 16.1. The molecular weight excluding hydrogens is 358 g/mol. The molecule has 0 radical (unpaired) electrons. The average Bonchev–Trinajstić information content (AvgIpc) is 2.65. The molecule has 0 fully saturated rings. The lowest BCUT2D eigenvalue weighted by Gasteiger charge is -2.34. The van der Waals surface area contributed by atoms with E-state index in [9.17, 15) is 20.1 Å². The monoisotopic (exact) mass is 379 g/mol. The van der Waals surface area contributed by atoms with Crippen LogP contribution in [0.5, 0.6) is 0 Å². The summed E-state index contributed by atoms with van der Waals surface area (Å²) in [6.45, 7) is 4.98. The van der Waals surface area contributed by atoms with E-state index in [0.29, 0.717) is 0 Å². The average molecular weight is 379 g/mol. The summed E-state index contributed by atoms with van der Waals surface area (Å²) < 4.78 is 10.1. The van der Waals surface area contributed by atoms with Gasteiger partial charge in [-0.2, -0.15) is 10.5 Å². The molecule has 2 aromatic carbocycles. The highest BCUT2D eigenvalue weighted by molar-refractivity contribution is 5.91. The number of rotatable bonds is 4. The molecule has 0 spiro atoms. The number of esters is 1. The molecule has 1 N–H and O–H groups in total. The van der Waals surface area contributed by atoms with E-state index in [1.54, 1.807) is 51.1 Å². The van der Waals surface area contributed by atoms with E-state index in [0.717, 1.165) is 17.9 Å². The van der Waals surface area contributed by atoms with E-state index in [-0.39, 0.29) is 5.56 Å². The van der Waals surface area contributed by atoms with Crippen molar-refractivity contribution in [2.45, 2.75) is 31.9 Å². The molecule has 0 aliphatic carbocycles. The number of alkyl carbamates (subject to hydrolysis) is 1. The van der Waals surface area contributed by atoms with Gasteiger partial charge in [-0.15, -0.1) is 0 Å². The Labute approximate surface area is 163 Å². The van der Waals surface area contributed by atoms with Gasteiger partial charge in [0.1, 0.15) is 5.60 Å². The van der Waals surface area contributed by atoms with Gasteiger partial charge in [0.2, 0.25) is 0 Å². The van der Waals surface area contributed by atoms with E-state index in [4.69, 9.17) is 9.47 Å². The SMILES string of the molecule is COC(=O)[C@@](NC(=O)OC(C)(C)C)(c1ccc2ccccc2c1)C(C#N)C#N. The van der Waals surface area contributed by atoms with Gasteiger partial charge >= 0.3 is 12.1 Å². The number of carbonyl (C=O) groups excluding carboxylic acids is 2. The van der Waals surface area contributed by atoms with Gasteiger partial charge in [0.15, 0.2) is 11.5 Å². The second-order valence-electron chi connectivity index (χ2n) is 7.18. The van der Waals surface area contributed by atoms with Crippen molar-refractivity contribution >= 4 is 22.8 Å². The van der Waals surface area contributed by atoms with Crippen LogP contribution in [0.25, 0.3) is 10.8 Å². The van der Waals surface area contributed by atoms with Crippen LogP contribution in [0.3, 0.4) is 0 Å². The second kappa shape index (κ2) is 7.98. The maximum absolute atomic E-state index is 12.8. The van der Waals surface area contributed by atoms with E-state index >= 15 is 0 Å². The van der Waals surface area contributed by atoms with Crippen LogP contribution in [0.15, 0.2) is 42.5 Å². The van der Waals surface area contributed by atoms with Crippen LogP contribution in [-0.4, -0.2) is 24.8 Å². The van der Waals surface area contributed by atoms with Crippen molar-refractivity contribution < 1.29 is 19.1 Å². The summed E-state index contributed by atoms with van der Waals surface area (Å²) in [6.07, 6.45) is -0.943. The smallest absolute Gasteiger partial charge is 0.408 e. The Kier molecular flexibility index (Phi) is 5.90. The van der Waals surface area contributed by atoms with E-state index in [2.05, 4.69) is 5.32 Å². The molecule has 0 saturated carbocycles. The summed E-state index contributed by atoms with van der Waals surface area (Å²) in [5.41, 5.74) is -2.65. The van der Waals surface area contributed by atoms with Crippen molar-refractivity contribution in [3.63, 3.8) is 0 Å². The molecule has 144 valence electrons. The van der Waals surface area contributed by atoms with Crippen molar-refractivity contribution in [3.8, 4) is 12.1 Å². The molecule has 1 amide bonds. The molecule has 0 aromatic heterocycles. The van der Waals surface area contributed by atoms with Gasteiger partial charge in [-0.3, -0.25) is 5.32 Å². The molecule has 1 atom stereocenters. The van der Waals surface area contributed by atoms with Crippen LogP contribution in [0.4, 0.5) is 4.79 Å². The number of fused-ring (bicyclic) bond motifs is 1. The Hall–Kier alpha value is -3.58. The molecule has 0 unspecified atom stereocenters. The Morgan fingerprint density at radius 1 is 1.04 bits per heavy atom. The molecule has 7 heteroatoms. The number of amides is 1. The van der Waals surface area contributed by atoms with Crippen LogP contribution >= 0.6 is 0 Å². The van der Waals surface area contributed by atoms with Crippen molar-refractivity contribution in [2.24, 2.45) is 5.92 Å². The lowest BCUT2D eigenvalue weighted by atomic mass is 9.78. The number of nitrogens with one attached hydrogen (secondary N) is 1. The highest BCUT2D eigenvalue weighted by Gasteiger charge is 2.51. The lowest BCUT2D eigenvalue weighted by molar-refractivity contribution is -0.150. The van der Waals surface area contributed by atoms with Crippen LogP contribution < -0.4 is 5.32 Å². The molecule has 2 aromatic rings. The summed E-state index contributed by atoms with van der Waals surface area (Å²) in [5.74, 6) is -2.49. The van der Waals surface area contributed by atoms with E-state index < -0.39 is 29.1 Å². The molecular formula is C21H21N3O4. The first-order valence-corrected chi connectivity index (χ1v) is 8.56. The van der Waals surface area contributed by atoms with Crippen molar-refractivity contribution in [3.05, 3.63) is 48.0 Å². The number of ether oxygens (including phenoxy) is 2. The fraction of sp³-hybridized carbons (Fsp3) is 0.333. The molecule has 2 rings (SSSR count). The number of hydrogen-bond donors (Lipinski definition) is 1. The largest absolute Gasteiger partial charge is 0.467 e. The third kappa shape index (κ3) is 4.05. The minimum absolute atomic E-state index is 0.247.